The minimum absolute atomic E-state index is 0.0557. The standard InChI is InChI=1S/C8H13NO3S/c10-7-8(2-1-3-8)6-13(11,12)5-4-9-7/h1-6H2,(H,9,10). The van der Waals surface area contributed by atoms with E-state index in [1.807, 2.05) is 0 Å². The summed E-state index contributed by atoms with van der Waals surface area (Å²) in [6.45, 7) is 0.281. The normalized spacial score (nSPS) is 30.3. The smallest absolute Gasteiger partial charge is 0.227 e. The summed E-state index contributed by atoms with van der Waals surface area (Å²) in [5.41, 5.74) is -0.560. The Morgan fingerprint density at radius 2 is 2.00 bits per heavy atom. The highest BCUT2D eigenvalue weighted by atomic mass is 32.2. The van der Waals surface area contributed by atoms with Crippen molar-refractivity contribution in [1.29, 1.82) is 0 Å². The van der Waals surface area contributed by atoms with Crippen LogP contribution in [0, 0.1) is 5.41 Å². The van der Waals surface area contributed by atoms with Gasteiger partial charge in [-0.3, -0.25) is 4.79 Å². The molecule has 0 bridgehead atoms. The van der Waals surface area contributed by atoms with E-state index in [9.17, 15) is 13.2 Å². The highest BCUT2D eigenvalue weighted by molar-refractivity contribution is 7.91. The molecule has 5 heteroatoms. The molecule has 0 aromatic carbocycles. The molecule has 74 valence electrons. The van der Waals surface area contributed by atoms with Gasteiger partial charge in [0.25, 0.3) is 0 Å². The Balaban J connectivity index is 2.29. The molecule has 2 aliphatic rings. The van der Waals surface area contributed by atoms with Crippen LogP contribution in [0.1, 0.15) is 19.3 Å². The second kappa shape index (κ2) is 2.70. The zero-order valence-electron chi connectivity index (χ0n) is 7.38. The van der Waals surface area contributed by atoms with Gasteiger partial charge < -0.3 is 5.32 Å². The van der Waals surface area contributed by atoms with Gasteiger partial charge in [0.15, 0.2) is 9.84 Å². The van der Waals surface area contributed by atoms with Crippen molar-refractivity contribution >= 4 is 15.7 Å². The Kier molecular flexibility index (Phi) is 1.87. The molecule has 1 N–H and O–H groups in total. The second-order valence-corrected chi connectivity index (χ2v) is 6.17. The number of hydrogen-bond donors (Lipinski definition) is 1. The minimum Gasteiger partial charge on any atom is -0.355 e. The largest absolute Gasteiger partial charge is 0.355 e. The van der Waals surface area contributed by atoms with Crippen LogP contribution in [0.25, 0.3) is 0 Å². The Morgan fingerprint density at radius 3 is 2.54 bits per heavy atom. The first kappa shape index (κ1) is 8.99. The van der Waals surface area contributed by atoms with Crippen molar-refractivity contribution in [1.82, 2.24) is 5.32 Å². The van der Waals surface area contributed by atoms with Gasteiger partial charge in [-0.25, -0.2) is 8.42 Å². The molecule has 13 heavy (non-hydrogen) atoms. The van der Waals surface area contributed by atoms with Crippen LogP contribution >= 0.6 is 0 Å². The first-order valence-electron chi connectivity index (χ1n) is 4.53. The Labute approximate surface area is 77.6 Å². The first-order chi connectivity index (χ1) is 6.04. The summed E-state index contributed by atoms with van der Waals surface area (Å²) in [6.07, 6.45) is 2.44. The van der Waals surface area contributed by atoms with E-state index in [-0.39, 0.29) is 24.0 Å². The van der Waals surface area contributed by atoms with Crippen LogP contribution in [-0.4, -0.2) is 32.4 Å². The monoisotopic (exact) mass is 203 g/mol. The Hall–Kier alpha value is -0.580. The van der Waals surface area contributed by atoms with Crippen molar-refractivity contribution in [3.63, 3.8) is 0 Å². The Morgan fingerprint density at radius 1 is 1.31 bits per heavy atom. The third-order valence-corrected chi connectivity index (χ3v) is 4.81. The van der Waals surface area contributed by atoms with Crippen LogP contribution in [0.2, 0.25) is 0 Å². The molecule has 0 unspecified atom stereocenters. The SMILES string of the molecule is O=C1NCCS(=O)(=O)CC12CCC2. The van der Waals surface area contributed by atoms with Crippen LogP contribution in [0.4, 0.5) is 0 Å². The van der Waals surface area contributed by atoms with Gasteiger partial charge in [-0.1, -0.05) is 6.42 Å². The average Bonchev–Trinajstić information content (AvgIpc) is 2.06. The molecule has 0 atom stereocenters. The van der Waals surface area contributed by atoms with Gasteiger partial charge in [0, 0.05) is 6.54 Å². The maximum Gasteiger partial charge on any atom is 0.227 e. The van der Waals surface area contributed by atoms with Crippen LogP contribution in [-0.2, 0) is 14.6 Å². The molecule has 2 rings (SSSR count). The maximum atomic E-state index is 11.5. The first-order valence-corrected chi connectivity index (χ1v) is 6.35. The van der Waals surface area contributed by atoms with E-state index in [1.165, 1.54) is 0 Å². The Bertz CT molecular complexity index is 329. The number of hydrogen-bond acceptors (Lipinski definition) is 3. The summed E-state index contributed by atoms with van der Waals surface area (Å²) in [6, 6.07) is 0. The summed E-state index contributed by atoms with van der Waals surface area (Å²) in [7, 11) is -3.00. The molecule has 2 fully saturated rings. The lowest BCUT2D eigenvalue weighted by molar-refractivity contribution is -0.133. The summed E-state index contributed by atoms with van der Waals surface area (Å²) in [5.74, 6) is 0.103. The van der Waals surface area contributed by atoms with Gasteiger partial charge in [-0.15, -0.1) is 0 Å². The van der Waals surface area contributed by atoms with E-state index in [1.54, 1.807) is 0 Å². The molecule has 0 radical (unpaired) electrons. The molecule has 1 aliphatic heterocycles. The molecule has 1 heterocycles. The van der Waals surface area contributed by atoms with Gasteiger partial charge in [0.2, 0.25) is 5.91 Å². The van der Waals surface area contributed by atoms with Gasteiger partial charge in [-0.2, -0.15) is 0 Å². The van der Waals surface area contributed by atoms with Crippen LogP contribution in [0.15, 0.2) is 0 Å². The van der Waals surface area contributed by atoms with Crippen molar-refractivity contribution in [2.75, 3.05) is 18.1 Å². The molecule has 1 amide bonds. The fourth-order valence-electron chi connectivity index (χ4n) is 2.04. The summed E-state index contributed by atoms with van der Waals surface area (Å²) in [5, 5.41) is 2.67. The van der Waals surface area contributed by atoms with Gasteiger partial charge in [-0.05, 0) is 12.8 Å². The predicted molar refractivity (Wildman–Crippen MR) is 47.9 cm³/mol. The molecular formula is C8H13NO3S. The molecule has 1 aliphatic carbocycles. The van der Waals surface area contributed by atoms with Crippen molar-refractivity contribution < 1.29 is 13.2 Å². The number of rotatable bonds is 0. The lowest BCUT2D eigenvalue weighted by Gasteiger charge is -2.38. The van der Waals surface area contributed by atoms with E-state index >= 15 is 0 Å². The molecule has 1 spiro atoms. The zero-order valence-corrected chi connectivity index (χ0v) is 8.19. The molecule has 4 nitrogen and oxygen atoms in total. The van der Waals surface area contributed by atoms with Crippen molar-refractivity contribution in [3.05, 3.63) is 0 Å². The average molecular weight is 203 g/mol. The summed E-state index contributed by atoms with van der Waals surface area (Å²) >= 11 is 0. The third-order valence-electron chi connectivity index (χ3n) is 2.99. The molecular weight excluding hydrogens is 190 g/mol. The lowest BCUT2D eigenvalue weighted by atomic mass is 9.69. The van der Waals surface area contributed by atoms with Gasteiger partial charge in [0.05, 0.1) is 16.9 Å². The van der Waals surface area contributed by atoms with Crippen molar-refractivity contribution in [2.45, 2.75) is 19.3 Å². The predicted octanol–water partition coefficient (Wildman–Crippen LogP) is -0.299. The highest BCUT2D eigenvalue weighted by Gasteiger charge is 2.48. The topological polar surface area (TPSA) is 63.2 Å². The maximum absolute atomic E-state index is 11.5. The number of sulfone groups is 1. The van der Waals surface area contributed by atoms with Crippen molar-refractivity contribution in [3.8, 4) is 0 Å². The van der Waals surface area contributed by atoms with E-state index < -0.39 is 15.3 Å². The summed E-state index contributed by atoms with van der Waals surface area (Å²) in [4.78, 5) is 11.5. The molecule has 0 aromatic rings. The minimum atomic E-state index is -3.00. The van der Waals surface area contributed by atoms with Crippen LogP contribution < -0.4 is 5.32 Å². The highest BCUT2D eigenvalue weighted by Crippen LogP contribution is 2.43. The molecule has 0 aromatic heterocycles. The zero-order chi connectivity index (χ0) is 9.53. The van der Waals surface area contributed by atoms with Crippen LogP contribution in [0.3, 0.4) is 0 Å². The van der Waals surface area contributed by atoms with E-state index in [0.29, 0.717) is 0 Å². The fourth-order valence-corrected chi connectivity index (χ4v) is 3.86. The molecule has 1 saturated carbocycles. The quantitative estimate of drug-likeness (QED) is 0.588. The molecule has 1 saturated heterocycles. The number of amides is 1. The van der Waals surface area contributed by atoms with E-state index in [0.717, 1.165) is 19.3 Å². The van der Waals surface area contributed by atoms with Gasteiger partial charge in [0.1, 0.15) is 0 Å². The lowest BCUT2D eigenvalue weighted by Crippen LogP contribution is -2.47. The van der Waals surface area contributed by atoms with Crippen LogP contribution in [0.5, 0.6) is 0 Å². The number of carbonyl (C=O) groups excluding carboxylic acids is 1. The van der Waals surface area contributed by atoms with E-state index in [2.05, 4.69) is 5.32 Å². The van der Waals surface area contributed by atoms with E-state index in [4.69, 9.17) is 0 Å². The van der Waals surface area contributed by atoms with Crippen molar-refractivity contribution in [2.24, 2.45) is 5.41 Å². The third kappa shape index (κ3) is 1.45. The summed E-state index contributed by atoms with van der Waals surface area (Å²) < 4.78 is 22.9. The number of nitrogens with one attached hydrogen (secondary N) is 1. The van der Waals surface area contributed by atoms with Gasteiger partial charge >= 0.3 is 0 Å². The fraction of sp³-hybridized carbons (Fsp3) is 0.875. The second-order valence-electron chi connectivity index (χ2n) is 3.98. The number of carbonyl (C=O) groups is 1.